The zero-order valence-electron chi connectivity index (χ0n) is 27.9. The highest BCUT2D eigenvalue weighted by Crippen LogP contribution is 2.30. The number of nitrogens with one attached hydrogen (secondary N) is 2. The first-order chi connectivity index (χ1) is 21.3. The van der Waals surface area contributed by atoms with E-state index >= 15 is 0 Å². The number of rotatable bonds is 16. The van der Waals surface area contributed by atoms with Gasteiger partial charge in [0.1, 0.15) is 12.1 Å². The van der Waals surface area contributed by atoms with Crippen molar-refractivity contribution >= 4 is 35.0 Å². The molecule has 45 heavy (non-hydrogen) atoms. The highest BCUT2D eigenvalue weighted by Gasteiger charge is 2.44. The van der Waals surface area contributed by atoms with Crippen molar-refractivity contribution in [2.24, 2.45) is 11.3 Å². The second kappa shape index (κ2) is 16.9. The number of nitrogens with zero attached hydrogens (tertiary/aromatic N) is 2. The predicted octanol–water partition coefficient (Wildman–Crippen LogP) is 6.66. The van der Waals surface area contributed by atoms with Gasteiger partial charge in [0.25, 0.3) is 0 Å². The number of amides is 3. The average Bonchev–Trinajstić information content (AvgIpc) is 3.59. The van der Waals surface area contributed by atoms with Crippen molar-refractivity contribution in [2.75, 3.05) is 6.54 Å². The summed E-state index contributed by atoms with van der Waals surface area (Å²) < 4.78 is 0. The molecule has 0 bridgehead atoms. The van der Waals surface area contributed by atoms with Crippen molar-refractivity contribution in [1.82, 2.24) is 20.5 Å². The van der Waals surface area contributed by atoms with Crippen LogP contribution in [0.2, 0.25) is 0 Å². The van der Waals surface area contributed by atoms with Gasteiger partial charge in [0.05, 0.1) is 22.1 Å². The molecule has 248 valence electrons. The average molecular weight is 641 g/mol. The number of carboxylic acids is 1. The van der Waals surface area contributed by atoms with Gasteiger partial charge in [-0.25, -0.2) is 4.98 Å². The number of hydrogen-bond donors (Lipinski definition) is 3. The number of likely N-dealkylation sites (tertiary alicyclic amines) is 1. The number of unbranched alkanes of at least 4 members (excludes halogenated alkanes) is 6. The molecule has 1 aromatic carbocycles. The largest absolute Gasteiger partial charge is 0.481 e. The third-order valence-corrected chi connectivity index (χ3v) is 9.56. The van der Waals surface area contributed by atoms with Gasteiger partial charge in [-0.1, -0.05) is 84.1 Å². The van der Waals surface area contributed by atoms with Gasteiger partial charge in [-0.15, -0.1) is 11.3 Å². The predicted molar refractivity (Wildman–Crippen MR) is 179 cm³/mol. The molecular weight excluding hydrogens is 588 g/mol. The Morgan fingerprint density at radius 2 is 1.58 bits per heavy atom. The van der Waals surface area contributed by atoms with Crippen LogP contribution in [0.15, 0.2) is 29.8 Å². The molecule has 3 amide bonds. The summed E-state index contributed by atoms with van der Waals surface area (Å²) in [6.07, 6.45) is 7.44. The van der Waals surface area contributed by atoms with Crippen molar-refractivity contribution in [2.45, 2.75) is 124 Å². The monoisotopic (exact) mass is 640 g/mol. The fourth-order valence-corrected chi connectivity index (χ4v) is 6.74. The normalized spacial score (nSPS) is 18.0. The lowest BCUT2D eigenvalue weighted by atomic mass is 9.85. The Balaban J connectivity index is 1.54. The number of carbonyl (C=O) groups excluding carboxylic acids is 3. The Bertz CT molecular complexity index is 1290. The number of aliphatic carboxylic acids is 1. The lowest BCUT2D eigenvalue weighted by molar-refractivity contribution is -0.144. The molecule has 1 aliphatic heterocycles. The maximum atomic E-state index is 14.0. The van der Waals surface area contributed by atoms with Crippen LogP contribution in [0.25, 0.3) is 10.4 Å². The van der Waals surface area contributed by atoms with Gasteiger partial charge in [-0.3, -0.25) is 19.2 Å². The van der Waals surface area contributed by atoms with Crippen LogP contribution in [0, 0.1) is 18.3 Å². The Kier molecular flexibility index (Phi) is 13.6. The van der Waals surface area contributed by atoms with Crippen LogP contribution >= 0.6 is 11.3 Å². The smallest absolute Gasteiger partial charge is 0.303 e. The summed E-state index contributed by atoms with van der Waals surface area (Å²) in [5.41, 5.74) is 4.39. The lowest BCUT2D eigenvalue weighted by Gasteiger charge is -2.35. The van der Waals surface area contributed by atoms with E-state index < -0.39 is 23.5 Å². The molecule has 0 radical (unpaired) electrons. The Morgan fingerprint density at radius 1 is 0.978 bits per heavy atom. The third-order valence-electron chi connectivity index (χ3n) is 8.59. The van der Waals surface area contributed by atoms with E-state index in [2.05, 4.69) is 15.6 Å². The van der Waals surface area contributed by atoms with Gasteiger partial charge in [0.15, 0.2) is 0 Å². The van der Waals surface area contributed by atoms with Gasteiger partial charge in [0.2, 0.25) is 17.7 Å². The second-order valence-corrected chi connectivity index (χ2v) is 14.6. The lowest BCUT2D eigenvalue weighted by Crippen LogP contribution is -2.57. The molecule has 0 saturated carbocycles. The molecule has 2 aromatic rings. The summed E-state index contributed by atoms with van der Waals surface area (Å²) in [4.78, 5) is 58.2. The molecule has 3 N–H and O–H groups in total. The summed E-state index contributed by atoms with van der Waals surface area (Å²) in [6.45, 7) is 12.3. The highest BCUT2D eigenvalue weighted by molar-refractivity contribution is 7.13. The first kappa shape index (κ1) is 36.2. The van der Waals surface area contributed by atoms with Crippen molar-refractivity contribution in [3.05, 3.63) is 41.0 Å². The molecule has 10 heteroatoms. The van der Waals surface area contributed by atoms with Crippen molar-refractivity contribution in [1.29, 1.82) is 0 Å². The van der Waals surface area contributed by atoms with E-state index in [1.165, 1.54) is 0 Å². The van der Waals surface area contributed by atoms with Crippen molar-refractivity contribution in [3.63, 3.8) is 0 Å². The van der Waals surface area contributed by atoms with E-state index in [1.807, 2.05) is 71.3 Å². The zero-order valence-corrected chi connectivity index (χ0v) is 28.7. The molecule has 4 atom stereocenters. The maximum Gasteiger partial charge on any atom is 0.303 e. The molecule has 1 fully saturated rings. The zero-order chi connectivity index (χ0) is 33.1. The van der Waals surface area contributed by atoms with Gasteiger partial charge in [-0.05, 0) is 55.6 Å². The number of hydrogen-bond acceptors (Lipinski definition) is 6. The van der Waals surface area contributed by atoms with E-state index in [0.717, 1.165) is 60.2 Å². The van der Waals surface area contributed by atoms with Gasteiger partial charge >= 0.3 is 5.97 Å². The molecule has 0 aliphatic carbocycles. The molecule has 3 rings (SSSR count). The summed E-state index contributed by atoms with van der Waals surface area (Å²) in [5.74, 6) is -1.12. The van der Waals surface area contributed by atoms with Crippen LogP contribution in [0.3, 0.4) is 0 Å². The van der Waals surface area contributed by atoms with Crippen LogP contribution in [0.1, 0.15) is 116 Å². The van der Waals surface area contributed by atoms with Crippen molar-refractivity contribution < 1.29 is 24.3 Å². The van der Waals surface area contributed by atoms with Crippen LogP contribution in [0.5, 0.6) is 0 Å². The van der Waals surface area contributed by atoms with Crippen LogP contribution in [-0.4, -0.2) is 57.3 Å². The quantitative estimate of drug-likeness (QED) is 0.176. The Labute approximate surface area is 272 Å². The molecule has 0 unspecified atom stereocenters. The van der Waals surface area contributed by atoms with E-state index in [4.69, 9.17) is 5.11 Å². The van der Waals surface area contributed by atoms with Crippen LogP contribution in [-0.2, 0) is 19.2 Å². The Morgan fingerprint density at radius 3 is 2.13 bits per heavy atom. The summed E-state index contributed by atoms with van der Waals surface area (Å²) in [5, 5.41) is 14.9. The summed E-state index contributed by atoms with van der Waals surface area (Å²) in [7, 11) is 0. The van der Waals surface area contributed by atoms with E-state index in [-0.39, 0.29) is 36.1 Å². The fraction of sp³-hybridized carbons (Fsp3) is 0.629. The van der Waals surface area contributed by atoms with E-state index in [0.29, 0.717) is 25.8 Å². The summed E-state index contributed by atoms with van der Waals surface area (Å²) >= 11 is 1.61. The van der Waals surface area contributed by atoms with Crippen molar-refractivity contribution in [3.8, 4) is 10.4 Å². The topological polar surface area (TPSA) is 129 Å². The molecule has 1 aliphatic rings. The number of aromatic nitrogens is 1. The minimum atomic E-state index is -0.749. The third kappa shape index (κ3) is 10.9. The number of thiazole rings is 1. The molecule has 1 saturated heterocycles. The maximum absolute atomic E-state index is 14.0. The van der Waals surface area contributed by atoms with Gasteiger partial charge in [-0.2, -0.15) is 0 Å². The number of benzene rings is 1. The number of aryl methyl sites for hydroxylation is 1. The molecule has 1 aromatic heterocycles. The SMILES string of the molecule is Cc1ncsc1-c1ccc([C@H](C)NC(=O)[C@@H]2C[C@@H](C)CN2C(=O)[C@@H](NC(=O)CCCCCCCCCC(=O)O)C(C)(C)C)cc1. The van der Waals surface area contributed by atoms with Crippen LogP contribution < -0.4 is 10.6 Å². The molecular formula is C35H52N4O5S. The fourth-order valence-electron chi connectivity index (χ4n) is 5.93. The second-order valence-electron chi connectivity index (χ2n) is 13.7. The Hall–Kier alpha value is -3.27. The molecule has 9 nitrogen and oxygen atoms in total. The van der Waals surface area contributed by atoms with Gasteiger partial charge < -0.3 is 20.6 Å². The molecule has 0 spiro atoms. The standard InChI is InChI=1S/C35H52N4O5S/c1-23-20-28(33(43)37-24(2)26-16-18-27(19-17-26)31-25(3)36-22-45-31)39(21-23)34(44)32(35(4,5)6)38-29(40)14-12-10-8-7-9-11-13-15-30(41)42/h16-19,22-24,28,32H,7-15,20-21H2,1-6H3,(H,37,43)(H,38,40)(H,41,42)/t23-,24+,28+,32-/m1/s1. The first-order valence-electron chi connectivity index (χ1n) is 16.4. The number of carbonyl (C=O) groups is 4. The molecule has 2 heterocycles. The highest BCUT2D eigenvalue weighted by atomic mass is 32.1. The van der Waals surface area contributed by atoms with Gasteiger partial charge in [0, 0.05) is 19.4 Å². The van der Waals surface area contributed by atoms with E-state index in [1.54, 1.807) is 16.2 Å². The minimum absolute atomic E-state index is 0.149. The minimum Gasteiger partial charge on any atom is -0.481 e. The number of carboxylic acid groups (broad SMARTS) is 1. The first-order valence-corrected chi connectivity index (χ1v) is 17.3. The van der Waals surface area contributed by atoms with E-state index in [9.17, 15) is 19.2 Å². The van der Waals surface area contributed by atoms with Crippen LogP contribution in [0.4, 0.5) is 0 Å². The summed E-state index contributed by atoms with van der Waals surface area (Å²) in [6, 6.07) is 6.58.